The van der Waals surface area contributed by atoms with Crippen LogP contribution in [0.4, 0.5) is 0 Å². The lowest BCUT2D eigenvalue weighted by Crippen LogP contribution is -2.30. The zero-order chi connectivity index (χ0) is 39.9. The first-order valence-corrected chi connectivity index (χ1v) is 23.6. The number of hydrogen-bond acceptors (Lipinski definition) is 6. The molecule has 0 aromatic heterocycles. The summed E-state index contributed by atoms with van der Waals surface area (Å²) in [7, 11) is 0. The van der Waals surface area contributed by atoms with Crippen molar-refractivity contribution in [3.8, 4) is 0 Å². The summed E-state index contributed by atoms with van der Waals surface area (Å²) < 4.78 is 16.7. The van der Waals surface area contributed by atoms with Crippen molar-refractivity contribution in [1.29, 1.82) is 0 Å². The van der Waals surface area contributed by atoms with Gasteiger partial charge in [-0.3, -0.25) is 14.4 Å². The third kappa shape index (κ3) is 40.1. The molecule has 0 saturated heterocycles. The molecule has 0 aromatic carbocycles. The molecule has 0 aliphatic rings. The lowest BCUT2D eigenvalue weighted by molar-refractivity contribution is -0.167. The van der Waals surface area contributed by atoms with Gasteiger partial charge in [0.1, 0.15) is 13.2 Å². The Bertz CT molecular complexity index is 839. The number of unbranched alkanes of at least 4 members (excludes halogenated alkanes) is 23. The van der Waals surface area contributed by atoms with Crippen LogP contribution in [0.15, 0.2) is 0 Å². The molecule has 6 nitrogen and oxygen atoms in total. The first-order valence-electron chi connectivity index (χ1n) is 23.6. The van der Waals surface area contributed by atoms with Crippen LogP contribution in [0.3, 0.4) is 0 Å². The highest BCUT2D eigenvalue weighted by Gasteiger charge is 2.19. The van der Waals surface area contributed by atoms with Crippen molar-refractivity contribution in [3.63, 3.8) is 0 Å². The van der Waals surface area contributed by atoms with Crippen LogP contribution in [0, 0.1) is 17.8 Å². The molecule has 2 atom stereocenters. The number of ether oxygens (including phenoxy) is 3. The number of hydrogen-bond donors (Lipinski definition) is 0. The third-order valence-electron chi connectivity index (χ3n) is 11.0. The van der Waals surface area contributed by atoms with Crippen LogP contribution < -0.4 is 0 Å². The summed E-state index contributed by atoms with van der Waals surface area (Å²) in [5.74, 6) is 1.59. The molecule has 320 valence electrons. The minimum Gasteiger partial charge on any atom is -0.462 e. The van der Waals surface area contributed by atoms with Crippen LogP contribution in [-0.2, 0) is 28.6 Å². The molecule has 0 aliphatic heterocycles. The molecule has 0 aromatic rings. The van der Waals surface area contributed by atoms with Gasteiger partial charge < -0.3 is 14.2 Å². The van der Waals surface area contributed by atoms with Crippen LogP contribution in [0.2, 0.25) is 0 Å². The Kier molecular flexibility index (Phi) is 38.5. The normalized spacial score (nSPS) is 12.7. The van der Waals surface area contributed by atoms with E-state index in [4.69, 9.17) is 14.2 Å². The van der Waals surface area contributed by atoms with Crippen molar-refractivity contribution in [3.05, 3.63) is 0 Å². The van der Waals surface area contributed by atoms with Crippen LogP contribution >= 0.6 is 0 Å². The van der Waals surface area contributed by atoms with Crippen molar-refractivity contribution in [2.45, 2.75) is 260 Å². The maximum atomic E-state index is 12.7. The van der Waals surface area contributed by atoms with E-state index in [1.165, 1.54) is 135 Å². The quantitative estimate of drug-likeness (QED) is 0.0350. The third-order valence-corrected chi connectivity index (χ3v) is 11.0. The van der Waals surface area contributed by atoms with E-state index in [9.17, 15) is 14.4 Å². The first-order chi connectivity index (χ1) is 26.1. The zero-order valence-corrected chi connectivity index (χ0v) is 37.0. The molecular formula is C48H92O6. The van der Waals surface area contributed by atoms with Gasteiger partial charge in [-0.25, -0.2) is 0 Å². The van der Waals surface area contributed by atoms with Gasteiger partial charge in [0.15, 0.2) is 6.10 Å². The van der Waals surface area contributed by atoms with E-state index in [-0.39, 0.29) is 31.1 Å². The fourth-order valence-corrected chi connectivity index (χ4v) is 7.02. The Morgan fingerprint density at radius 3 is 0.963 bits per heavy atom. The van der Waals surface area contributed by atoms with Gasteiger partial charge in [-0.15, -0.1) is 0 Å². The molecule has 6 heteroatoms. The highest BCUT2D eigenvalue weighted by molar-refractivity contribution is 5.71. The highest BCUT2D eigenvalue weighted by Crippen LogP contribution is 2.17. The van der Waals surface area contributed by atoms with Crippen LogP contribution in [0.5, 0.6) is 0 Å². The van der Waals surface area contributed by atoms with Gasteiger partial charge in [0, 0.05) is 19.3 Å². The standard InChI is InChI=1S/C48H92O6/c1-7-44(6)36-30-24-18-13-14-20-27-33-39-48(51)54-45(41-53-47(50)38-32-26-21-15-17-23-29-35-43(4)5)40-52-46(49)37-31-25-19-12-10-8-9-11-16-22-28-34-42(2)3/h42-45H,7-41H2,1-6H3/t44?,45-/m0/s1. The van der Waals surface area contributed by atoms with Gasteiger partial charge in [-0.2, -0.15) is 0 Å². The Morgan fingerprint density at radius 2 is 0.648 bits per heavy atom. The number of rotatable bonds is 41. The first kappa shape index (κ1) is 52.4. The van der Waals surface area contributed by atoms with E-state index in [0.29, 0.717) is 19.3 Å². The van der Waals surface area contributed by atoms with E-state index in [1.807, 2.05) is 0 Å². The molecule has 1 unspecified atom stereocenters. The molecule has 0 fully saturated rings. The SMILES string of the molecule is CCC(C)CCCCCCCCCCC(=O)O[C@@H](COC(=O)CCCCCCCCCCCCCC(C)C)COC(=O)CCCCCCCCCC(C)C. The summed E-state index contributed by atoms with van der Waals surface area (Å²) in [6.07, 6.45) is 36.6. The van der Waals surface area contributed by atoms with E-state index < -0.39 is 6.10 Å². The molecule has 0 bridgehead atoms. The fourth-order valence-electron chi connectivity index (χ4n) is 7.02. The molecule has 0 saturated carbocycles. The average molecular weight is 765 g/mol. The second-order valence-corrected chi connectivity index (χ2v) is 17.6. The lowest BCUT2D eigenvalue weighted by atomic mass is 9.99. The van der Waals surface area contributed by atoms with Crippen LogP contribution in [-0.4, -0.2) is 37.2 Å². The zero-order valence-electron chi connectivity index (χ0n) is 37.0. The molecule has 0 rings (SSSR count). The highest BCUT2D eigenvalue weighted by atomic mass is 16.6. The van der Waals surface area contributed by atoms with E-state index in [2.05, 4.69) is 41.5 Å². The van der Waals surface area contributed by atoms with Gasteiger partial charge in [-0.1, -0.05) is 215 Å². The molecule has 0 radical (unpaired) electrons. The van der Waals surface area contributed by atoms with E-state index in [1.54, 1.807) is 0 Å². The van der Waals surface area contributed by atoms with Crippen molar-refractivity contribution < 1.29 is 28.6 Å². The Morgan fingerprint density at radius 1 is 0.370 bits per heavy atom. The summed E-state index contributed by atoms with van der Waals surface area (Å²) in [6.45, 7) is 13.6. The predicted molar refractivity (Wildman–Crippen MR) is 229 cm³/mol. The Hall–Kier alpha value is -1.59. The molecule has 0 amide bonds. The molecule has 0 spiro atoms. The van der Waals surface area contributed by atoms with Gasteiger partial charge in [0.05, 0.1) is 0 Å². The maximum Gasteiger partial charge on any atom is 0.306 e. The molecule has 0 aliphatic carbocycles. The molecule has 54 heavy (non-hydrogen) atoms. The number of carbonyl (C=O) groups is 3. The van der Waals surface area contributed by atoms with Crippen molar-refractivity contribution in [2.24, 2.45) is 17.8 Å². The topological polar surface area (TPSA) is 78.9 Å². The van der Waals surface area contributed by atoms with E-state index >= 15 is 0 Å². The number of esters is 3. The average Bonchev–Trinajstić information content (AvgIpc) is 3.14. The van der Waals surface area contributed by atoms with Crippen molar-refractivity contribution in [2.75, 3.05) is 13.2 Å². The van der Waals surface area contributed by atoms with Crippen LogP contribution in [0.1, 0.15) is 253 Å². The van der Waals surface area contributed by atoms with Crippen molar-refractivity contribution >= 4 is 17.9 Å². The largest absolute Gasteiger partial charge is 0.462 e. The van der Waals surface area contributed by atoms with Crippen LogP contribution in [0.25, 0.3) is 0 Å². The monoisotopic (exact) mass is 765 g/mol. The van der Waals surface area contributed by atoms with Gasteiger partial charge in [0.25, 0.3) is 0 Å². The predicted octanol–water partition coefficient (Wildman–Crippen LogP) is 14.8. The summed E-state index contributed by atoms with van der Waals surface area (Å²) in [6, 6.07) is 0. The summed E-state index contributed by atoms with van der Waals surface area (Å²) in [5, 5.41) is 0. The van der Waals surface area contributed by atoms with Crippen molar-refractivity contribution in [1.82, 2.24) is 0 Å². The second kappa shape index (κ2) is 39.6. The lowest BCUT2D eigenvalue weighted by Gasteiger charge is -2.18. The minimum absolute atomic E-state index is 0.0663. The summed E-state index contributed by atoms with van der Waals surface area (Å²) >= 11 is 0. The van der Waals surface area contributed by atoms with Gasteiger partial charge in [-0.05, 0) is 37.0 Å². The summed E-state index contributed by atoms with van der Waals surface area (Å²) in [5.41, 5.74) is 0. The van der Waals surface area contributed by atoms with Gasteiger partial charge in [0.2, 0.25) is 0 Å². The van der Waals surface area contributed by atoms with Gasteiger partial charge >= 0.3 is 17.9 Å². The molecule has 0 N–H and O–H groups in total. The minimum atomic E-state index is -0.762. The molecular weight excluding hydrogens is 673 g/mol. The van der Waals surface area contributed by atoms with E-state index in [0.717, 1.165) is 75.5 Å². The number of carbonyl (C=O) groups excluding carboxylic acids is 3. The maximum absolute atomic E-state index is 12.7. The smallest absolute Gasteiger partial charge is 0.306 e. The second-order valence-electron chi connectivity index (χ2n) is 17.6. The Balaban J connectivity index is 4.34. The molecule has 0 heterocycles. The summed E-state index contributed by atoms with van der Waals surface area (Å²) in [4.78, 5) is 37.7. The Labute approximate surface area is 336 Å². The fraction of sp³-hybridized carbons (Fsp3) is 0.938.